The van der Waals surface area contributed by atoms with Crippen LogP contribution in [0.2, 0.25) is 0 Å². The van der Waals surface area contributed by atoms with E-state index < -0.39 is 12.2 Å². The molecule has 2 N–H and O–H groups in total. The zero-order valence-corrected chi connectivity index (χ0v) is 7.85. The quantitative estimate of drug-likeness (QED) is 0.742. The van der Waals surface area contributed by atoms with E-state index in [0.29, 0.717) is 6.42 Å². The summed E-state index contributed by atoms with van der Waals surface area (Å²) in [7, 11) is 0. The minimum Gasteiger partial charge on any atom is -0.390 e. The van der Waals surface area contributed by atoms with E-state index in [-0.39, 0.29) is 0 Å². The summed E-state index contributed by atoms with van der Waals surface area (Å²) >= 11 is 0. The molecule has 0 heterocycles. The van der Waals surface area contributed by atoms with Crippen LogP contribution in [0.4, 0.5) is 0 Å². The molecule has 0 aliphatic carbocycles. The van der Waals surface area contributed by atoms with Crippen molar-refractivity contribution in [1.29, 1.82) is 0 Å². The van der Waals surface area contributed by atoms with Crippen LogP contribution in [-0.2, 0) is 0 Å². The average Bonchev–Trinajstić information content (AvgIpc) is 2.18. The van der Waals surface area contributed by atoms with E-state index in [1.54, 1.807) is 0 Å². The van der Waals surface area contributed by atoms with Gasteiger partial charge in [0, 0.05) is 0 Å². The summed E-state index contributed by atoms with van der Waals surface area (Å²) in [6, 6.07) is 9.25. The van der Waals surface area contributed by atoms with E-state index in [1.807, 2.05) is 37.3 Å². The highest BCUT2D eigenvalue weighted by Gasteiger charge is 2.16. The van der Waals surface area contributed by atoms with Crippen molar-refractivity contribution in [3.63, 3.8) is 0 Å². The maximum atomic E-state index is 9.67. The Bertz CT molecular complexity index is 233. The molecule has 0 aromatic heterocycles. The van der Waals surface area contributed by atoms with Gasteiger partial charge in [-0.1, -0.05) is 43.7 Å². The van der Waals surface area contributed by atoms with E-state index in [4.69, 9.17) is 0 Å². The summed E-state index contributed by atoms with van der Waals surface area (Å²) in [4.78, 5) is 0. The van der Waals surface area contributed by atoms with Crippen molar-refractivity contribution in [2.45, 2.75) is 32.0 Å². The van der Waals surface area contributed by atoms with Crippen molar-refractivity contribution in [1.82, 2.24) is 0 Å². The summed E-state index contributed by atoms with van der Waals surface area (Å²) in [6.07, 6.45) is 0.120. The molecule has 72 valence electrons. The second-order valence-electron chi connectivity index (χ2n) is 3.21. The van der Waals surface area contributed by atoms with E-state index >= 15 is 0 Å². The van der Waals surface area contributed by atoms with Gasteiger partial charge in [0.25, 0.3) is 0 Å². The molecular formula is C11H16O2. The third-order valence-electron chi connectivity index (χ3n) is 2.09. The predicted molar refractivity (Wildman–Crippen MR) is 52.3 cm³/mol. The van der Waals surface area contributed by atoms with Crippen LogP contribution >= 0.6 is 0 Å². The third kappa shape index (κ3) is 2.83. The topological polar surface area (TPSA) is 40.5 Å². The van der Waals surface area contributed by atoms with E-state index in [0.717, 1.165) is 12.0 Å². The van der Waals surface area contributed by atoms with Gasteiger partial charge in [-0.2, -0.15) is 0 Å². The molecule has 0 amide bonds. The molecule has 2 unspecified atom stereocenters. The number of hydrogen-bond acceptors (Lipinski definition) is 2. The van der Waals surface area contributed by atoms with Gasteiger partial charge in [0.2, 0.25) is 0 Å². The smallest absolute Gasteiger partial charge is 0.105 e. The molecular weight excluding hydrogens is 164 g/mol. The number of aliphatic hydroxyl groups is 2. The van der Waals surface area contributed by atoms with E-state index in [9.17, 15) is 10.2 Å². The molecule has 0 bridgehead atoms. The lowest BCUT2D eigenvalue weighted by Crippen LogP contribution is -2.17. The molecule has 0 fully saturated rings. The summed E-state index contributed by atoms with van der Waals surface area (Å²) < 4.78 is 0. The maximum absolute atomic E-state index is 9.67. The van der Waals surface area contributed by atoms with Crippen LogP contribution in [0, 0.1) is 0 Å². The zero-order valence-electron chi connectivity index (χ0n) is 7.85. The Morgan fingerprint density at radius 3 is 2.31 bits per heavy atom. The van der Waals surface area contributed by atoms with Gasteiger partial charge in [-0.25, -0.2) is 0 Å². The van der Waals surface area contributed by atoms with Gasteiger partial charge in [-0.05, 0) is 12.0 Å². The SMILES string of the molecule is CCCC(O)C(O)c1ccccc1. The van der Waals surface area contributed by atoms with Crippen LogP contribution in [0.5, 0.6) is 0 Å². The molecule has 13 heavy (non-hydrogen) atoms. The fraction of sp³-hybridized carbons (Fsp3) is 0.455. The Morgan fingerprint density at radius 2 is 1.77 bits per heavy atom. The Hall–Kier alpha value is -0.860. The highest BCUT2D eigenvalue weighted by Crippen LogP contribution is 2.18. The normalized spacial score (nSPS) is 15.3. The summed E-state index contributed by atoms with van der Waals surface area (Å²) in [5.74, 6) is 0. The number of benzene rings is 1. The van der Waals surface area contributed by atoms with Gasteiger partial charge in [0.1, 0.15) is 6.10 Å². The molecule has 0 saturated carbocycles. The number of hydrogen-bond donors (Lipinski definition) is 2. The molecule has 1 rings (SSSR count). The van der Waals surface area contributed by atoms with Crippen molar-refractivity contribution in [2.75, 3.05) is 0 Å². The Labute approximate surface area is 78.8 Å². The first-order valence-corrected chi connectivity index (χ1v) is 4.66. The third-order valence-corrected chi connectivity index (χ3v) is 2.09. The van der Waals surface area contributed by atoms with Gasteiger partial charge in [0.15, 0.2) is 0 Å². The largest absolute Gasteiger partial charge is 0.390 e. The fourth-order valence-electron chi connectivity index (χ4n) is 1.33. The van der Waals surface area contributed by atoms with E-state index in [1.165, 1.54) is 0 Å². The minimum absolute atomic E-state index is 0.635. The highest BCUT2D eigenvalue weighted by atomic mass is 16.3. The molecule has 2 nitrogen and oxygen atoms in total. The van der Waals surface area contributed by atoms with Crippen molar-refractivity contribution in [3.8, 4) is 0 Å². The first-order valence-electron chi connectivity index (χ1n) is 4.66. The van der Waals surface area contributed by atoms with Crippen molar-refractivity contribution >= 4 is 0 Å². The molecule has 2 heteroatoms. The van der Waals surface area contributed by atoms with Gasteiger partial charge < -0.3 is 10.2 Å². The summed E-state index contributed by atoms with van der Waals surface area (Å²) in [5.41, 5.74) is 0.781. The molecule has 0 aliphatic heterocycles. The monoisotopic (exact) mass is 180 g/mol. The van der Waals surface area contributed by atoms with Crippen molar-refractivity contribution in [2.24, 2.45) is 0 Å². The molecule has 1 aromatic rings. The van der Waals surface area contributed by atoms with Crippen LogP contribution in [-0.4, -0.2) is 16.3 Å². The second-order valence-corrected chi connectivity index (χ2v) is 3.21. The van der Waals surface area contributed by atoms with Gasteiger partial charge in [-0.15, -0.1) is 0 Å². The van der Waals surface area contributed by atoms with E-state index in [2.05, 4.69) is 0 Å². The first kappa shape index (κ1) is 10.2. The van der Waals surface area contributed by atoms with Gasteiger partial charge >= 0.3 is 0 Å². The maximum Gasteiger partial charge on any atom is 0.105 e. The van der Waals surface area contributed by atoms with Crippen LogP contribution in [0.25, 0.3) is 0 Å². The zero-order chi connectivity index (χ0) is 9.68. The Balaban J connectivity index is 2.62. The lowest BCUT2D eigenvalue weighted by atomic mass is 10.0. The molecule has 2 atom stereocenters. The lowest BCUT2D eigenvalue weighted by molar-refractivity contribution is 0.0131. The Morgan fingerprint density at radius 1 is 1.15 bits per heavy atom. The minimum atomic E-state index is -0.749. The van der Waals surface area contributed by atoms with Crippen LogP contribution < -0.4 is 0 Å². The van der Waals surface area contributed by atoms with Gasteiger partial charge in [-0.3, -0.25) is 0 Å². The molecule has 0 saturated heterocycles. The summed E-state index contributed by atoms with van der Waals surface area (Å²) in [5, 5.41) is 19.2. The van der Waals surface area contributed by atoms with Crippen LogP contribution in [0.1, 0.15) is 31.4 Å². The average molecular weight is 180 g/mol. The van der Waals surface area contributed by atoms with Crippen LogP contribution in [0.15, 0.2) is 30.3 Å². The summed E-state index contributed by atoms with van der Waals surface area (Å²) in [6.45, 7) is 1.99. The number of rotatable bonds is 4. The lowest BCUT2D eigenvalue weighted by Gasteiger charge is -2.17. The fourth-order valence-corrected chi connectivity index (χ4v) is 1.33. The molecule has 0 radical (unpaired) electrons. The molecule has 0 aliphatic rings. The Kier molecular flexibility index (Phi) is 3.93. The molecule has 1 aromatic carbocycles. The van der Waals surface area contributed by atoms with Crippen molar-refractivity contribution in [3.05, 3.63) is 35.9 Å². The highest BCUT2D eigenvalue weighted by molar-refractivity contribution is 5.18. The first-order chi connectivity index (χ1) is 6.25. The molecule has 0 spiro atoms. The number of aliphatic hydroxyl groups excluding tert-OH is 2. The predicted octanol–water partition coefficient (Wildman–Crippen LogP) is 1.88. The van der Waals surface area contributed by atoms with Gasteiger partial charge in [0.05, 0.1) is 6.10 Å². The van der Waals surface area contributed by atoms with Crippen molar-refractivity contribution < 1.29 is 10.2 Å². The second kappa shape index (κ2) is 5.00. The van der Waals surface area contributed by atoms with Crippen LogP contribution in [0.3, 0.4) is 0 Å². The standard InChI is InChI=1S/C11H16O2/c1-2-6-10(12)11(13)9-7-4-3-5-8-9/h3-5,7-8,10-13H,2,6H2,1H3.